The second-order valence-corrected chi connectivity index (χ2v) is 5.38. The maximum atomic E-state index is 11.3. The van der Waals surface area contributed by atoms with Gasteiger partial charge in [0.05, 0.1) is 7.05 Å². The second kappa shape index (κ2) is 3.97. The smallest absolute Gasteiger partial charge is 0.342 e. The first-order valence-electron chi connectivity index (χ1n) is 4.23. The summed E-state index contributed by atoms with van der Waals surface area (Å²) in [7, 11) is -1.79. The van der Waals surface area contributed by atoms with E-state index >= 15 is 0 Å². The molecule has 84 valence electrons. The lowest BCUT2D eigenvalue weighted by atomic mass is 10.7. The van der Waals surface area contributed by atoms with Crippen molar-refractivity contribution in [3.8, 4) is 0 Å². The fraction of sp³-hybridized carbons (Fsp3) is 0.571. The van der Waals surface area contributed by atoms with Gasteiger partial charge in [-0.25, -0.2) is 18.0 Å². The summed E-state index contributed by atoms with van der Waals surface area (Å²) in [5.41, 5.74) is 0. The van der Waals surface area contributed by atoms with Gasteiger partial charge in [0.15, 0.2) is 9.84 Å². The van der Waals surface area contributed by atoms with Crippen molar-refractivity contribution in [1.82, 2.24) is 9.55 Å². The first kappa shape index (κ1) is 11.6. The molecule has 0 N–H and O–H groups in total. The number of imidazole rings is 1. The lowest BCUT2D eigenvalue weighted by Crippen LogP contribution is -2.11. The molecular weight excluding hydrogens is 222 g/mol. The lowest BCUT2D eigenvalue weighted by molar-refractivity contribution is -0.391. The van der Waals surface area contributed by atoms with Crippen molar-refractivity contribution >= 4 is 15.7 Å². The zero-order chi connectivity index (χ0) is 11.6. The highest BCUT2D eigenvalue weighted by atomic mass is 32.2. The van der Waals surface area contributed by atoms with Gasteiger partial charge < -0.3 is 10.1 Å². The second-order valence-electron chi connectivity index (χ2n) is 3.03. The molecule has 0 aliphatic carbocycles. The van der Waals surface area contributed by atoms with E-state index in [1.54, 1.807) is 0 Å². The number of sulfone groups is 1. The summed E-state index contributed by atoms with van der Waals surface area (Å²) in [6, 6.07) is 0. The largest absolute Gasteiger partial charge is 0.358 e. The van der Waals surface area contributed by atoms with Crippen LogP contribution < -0.4 is 0 Å². The number of nitro groups is 1. The van der Waals surface area contributed by atoms with Crippen molar-refractivity contribution in [2.75, 3.05) is 5.75 Å². The van der Waals surface area contributed by atoms with E-state index in [2.05, 4.69) is 4.98 Å². The van der Waals surface area contributed by atoms with Crippen LogP contribution in [0.15, 0.2) is 6.20 Å². The van der Waals surface area contributed by atoms with E-state index in [1.165, 1.54) is 18.5 Å². The molecule has 0 atom stereocenters. The average Bonchev–Trinajstić information content (AvgIpc) is 2.48. The molecule has 1 heterocycles. The van der Waals surface area contributed by atoms with Crippen molar-refractivity contribution in [2.45, 2.75) is 12.7 Å². The monoisotopic (exact) mass is 233 g/mol. The molecule has 1 aromatic rings. The summed E-state index contributed by atoms with van der Waals surface area (Å²) in [4.78, 5) is 13.6. The predicted octanol–water partition coefficient (Wildman–Crippen LogP) is 0.263. The van der Waals surface area contributed by atoms with Crippen LogP contribution in [0.2, 0.25) is 0 Å². The fourth-order valence-electron chi connectivity index (χ4n) is 1.04. The first-order chi connectivity index (χ1) is 6.87. The van der Waals surface area contributed by atoms with E-state index in [4.69, 9.17) is 0 Å². The molecule has 0 aliphatic rings. The summed E-state index contributed by atoms with van der Waals surface area (Å²) in [5.74, 6) is -0.304. The number of hydrogen-bond donors (Lipinski definition) is 0. The van der Waals surface area contributed by atoms with Crippen LogP contribution in [0.4, 0.5) is 5.82 Å². The minimum Gasteiger partial charge on any atom is -0.358 e. The molecule has 1 aromatic heterocycles. The van der Waals surface area contributed by atoms with Gasteiger partial charge in [0.25, 0.3) is 0 Å². The Morgan fingerprint density at radius 3 is 2.60 bits per heavy atom. The van der Waals surface area contributed by atoms with Gasteiger partial charge >= 0.3 is 5.82 Å². The highest BCUT2D eigenvalue weighted by molar-refractivity contribution is 7.90. The summed E-state index contributed by atoms with van der Waals surface area (Å²) < 4.78 is 23.7. The molecule has 0 bridgehead atoms. The van der Waals surface area contributed by atoms with E-state index in [-0.39, 0.29) is 23.1 Å². The topological polar surface area (TPSA) is 95.1 Å². The molecule has 0 fully saturated rings. The van der Waals surface area contributed by atoms with Crippen LogP contribution in [-0.2, 0) is 22.6 Å². The molecular formula is C7H11N3O4S. The summed E-state index contributed by atoms with van der Waals surface area (Å²) in [5, 5.41) is 10.5. The van der Waals surface area contributed by atoms with Gasteiger partial charge in [0.2, 0.25) is 5.82 Å². The number of rotatable bonds is 4. The van der Waals surface area contributed by atoms with Gasteiger partial charge in [0, 0.05) is 5.75 Å². The highest BCUT2D eigenvalue weighted by Gasteiger charge is 2.21. The van der Waals surface area contributed by atoms with Crippen molar-refractivity contribution in [3.05, 3.63) is 22.1 Å². The van der Waals surface area contributed by atoms with E-state index in [0.717, 1.165) is 6.20 Å². The Balaban J connectivity index is 3.04. The van der Waals surface area contributed by atoms with Gasteiger partial charge in [-0.05, 0) is 4.92 Å². The molecule has 0 aromatic carbocycles. The van der Waals surface area contributed by atoms with Gasteiger partial charge in [-0.15, -0.1) is 0 Å². The Hall–Kier alpha value is -1.44. The maximum absolute atomic E-state index is 11.3. The molecule has 8 heteroatoms. The normalized spacial score (nSPS) is 11.6. The Morgan fingerprint density at radius 1 is 1.60 bits per heavy atom. The van der Waals surface area contributed by atoms with Crippen molar-refractivity contribution < 1.29 is 13.3 Å². The predicted molar refractivity (Wildman–Crippen MR) is 53.0 cm³/mol. The molecule has 0 saturated carbocycles. The van der Waals surface area contributed by atoms with Crippen molar-refractivity contribution in [1.29, 1.82) is 0 Å². The van der Waals surface area contributed by atoms with E-state index in [1.807, 2.05) is 0 Å². The Bertz CT molecular complexity index is 476. The molecule has 0 radical (unpaired) electrons. The van der Waals surface area contributed by atoms with Crippen LogP contribution in [0.3, 0.4) is 0 Å². The fourth-order valence-corrected chi connectivity index (χ4v) is 1.91. The van der Waals surface area contributed by atoms with Crippen LogP contribution in [0.1, 0.15) is 12.7 Å². The van der Waals surface area contributed by atoms with Crippen LogP contribution in [0, 0.1) is 10.1 Å². The summed E-state index contributed by atoms with van der Waals surface area (Å²) in [6.07, 6.45) is 1.06. The average molecular weight is 233 g/mol. The zero-order valence-electron chi connectivity index (χ0n) is 8.37. The zero-order valence-corrected chi connectivity index (χ0v) is 9.19. The molecule has 15 heavy (non-hydrogen) atoms. The van der Waals surface area contributed by atoms with Crippen molar-refractivity contribution in [3.63, 3.8) is 0 Å². The van der Waals surface area contributed by atoms with Crippen LogP contribution >= 0.6 is 0 Å². The van der Waals surface area contributed by atoms with Gasteiger partial charge in [0.1, 0.15) is 11.9 Å². The summed E-state index contributed by atoms with van der Waals surface area (Å²) >= 11 is 0. The molecule has 0 aliphatic heterocycles. The molecule has 0 amide bonds. The lowest BCUT2D eigenvalue weighted by Gasteiger charge is -1.98. The summed E-state index contributed by atoms with van der Waals surface area (Å²) in [6.45, 7) is 1.52. The quantitative estimate of drug-likeness (QED) is 0.549. The molecule has 0 saturated heterocycles. The Morgan fingerprint density at radius 2 is 2.20 bits per heavy atom. The number of aromatic nitrogens is 2. The molecule has 0 spiro atoms. The van der Waals surface area contributed by atoms with Gasteiger partial charge in [-0.1, -0.05) is 6.92 Å². The molecule has 7 nitrogen and oxygen atoms in total. The Labute approximate surface area is 86.8 Å². The minimum atomic E-state index is -3.21. The van der Waals surface area contributed by atoms with Crippen molar-refractivity contribution in [2.24, 2.45) is 7.05 Å². The van der Waals surface area contributed by atoms with Crippen LogP contribution in [0.25, 0.3) is 0 Å². The highest BCUT2D eigenvalue weighted by Crippen LogP contribution is 2.13. The maximum Gasteiger partial charge on any atom is 0.342 e. The first-order valence-corrected chi connectivity index (χ1v) is 6.05. The Kier molecular flexibility index (Phi) is 3.08. The van der Waals surface area contributed by atoms with Gasteiger partial charge in [-0.3, -0.25) is 0 Å². The van der Waals surface area contributed by atoms with Crippen LogP contribution in [0.5, 0.6) is 0 Å². The molecule has 1 rings (SSSR count). The minimum absolute atomic E-state index is 0.00629. The van der Waals surface area contributed by atoms with E-state index in [0.29, 0.717) is 0 Å². The SMILES string of the molecule is CCS(=O)(=O)Cc1ncc([N+](=O)[O-])n1C. The molecule has 0 unspecified atom stereocenters. The number of nitrogens with zero attached hydrogens (tertiary/aromatic N) is 3. The van der Waals surface area contributed by atoms with E-state index < -0.39 is 14.8 Å². The standard InChI is InChI=1S/C7H11N3O4S/c1-3-15(13,14)5-6-8-4-7(9(6)2)10(11)12/h4H,3,5H2,1-2H3. The van der Waals surface area contributed by atoms with Crippen LogP contribution in [-0.4, -0.2) is 28.6 Å². The number of hydrogen-bond acceptors (Lipinski definition) is 5. The van der Waals surface area contributed by atoms with Gasteiger partial charge in [-0.2, -0.15) is 0 Å². The third-order valence-corrected chi connectivity index (χ3v) is 3.61. The third-order valence-electron chi connectivity index (χ3n) is 2.04. The van der Waals surface area contributed by atoms with E-state index in [9.17, 15) is 18.5 Å². The third kappa shape index (κ3) is 2.52.